The van der Waals surface area contributed by atoms with E-state index in [0.717, 1.165) is 46.8 Å². The molecule has 20 heavy (non-hydrogen) atoms. The molecule has 5 heteroatoms. The van der Waals surface area contributed by atoms with Crippen LogP contribution in [-0.4, -0.2) is 22.5 Å². The number of thiophene rings is 1. The van der Waals surface area contributed by atoms with Crippen LogP contribution in [0.1, 0.15) is 51.1 Å². The van der Waals surface area contributed by atoms with Gasteiger partial charge < -0.3 is 9.42 Å². The molecular weight excluding hydrogens is 272 g/mol. The number of aromatic nitrogens is 1. The summed E-state index contributed by atoms with van der Waals surface area (Å²) in [6, 6.07) is 2.11. The number of nitrogens with zero attached hydrogens (tertiary/aromatic N) is 2. The summed E-state index contributed by atoms with van der Waals surface area (Å²) in [4.78, 5) is 15.6. The van der Waals surface area contributed by atoms with Gasteiger partial charge in [-0.25, -0.2) is 0 Å². The van der Waals surface area contributed by atoms with Crippen LogP contribution in [0.2, 0.25) is 0 Å². The number of likely N-dealkylation sites (tertiary alicyclic amines) is 1. The van der Waals surface area contributed by atoms with E-state index in [0.29, 0.717) is 0 Å². The van der Waals surface area contributed by atoms with Crippen LogP contribution in [0.4, 0.5) is 0 Å². The summed E-state index contributed by atoms with van der Waals surface area (Å²) in [5.74, 6) is 0.968. The van der Waals surface area contributed by atoms with Gasteiger partial charge in [0.1, 0.15) is 5.76 Å². The summed E-state index contributed by atoms with van der Waals surface area (Å²) < 4.78 is 5.26. The molecule has 1 fully saturated rings. The number of rotatable bonds is 2. The van der Waals surface area contributed by atoms with Gasteiger partial charge in [0.15, 0.2) is 0 Å². The molecule has 0 spiro atoms. The van der Waals surface area contributed by atoms with Gasteiger partial charge in [-0.15, -0.1) is 11.3 Å². The van der Waals surface area contributed by atoms with Gasteiger partial charge in [0.05, 0.1) is 16.6 Å². The number of carbonyl (C=O) groups is 1. The summed E-state index contributed by atoms with van der Waals surface area (Å²) >= 11 is 1.52. The maximum absolute atomic E-state index is 12.7. The third-order valence-corrected chi connectivity index (χ3v) is 5.00. The average molecular weight is 290 g/mol. The summed E-state index contributed by atoms with van der Waals surface area (Å²) in [6.45, 7) is 6.67. The van der Waals surface area contributed by atoms with Crippen molar-refractivity contribution in [3.8, 4) is 0 Å². The summed E-state index contributed by atoms with van der Waals surface area (Å²) in [5.41, 5.74) is 3.05. The van der Waals surface area contributed by atoms with Crippen molar-refractivity contribution < 1.29 is 9.32 Å². The number of hydrogen-bond donors (Lipinski definition) is 0. The molecule has 0 bridgehead atoms. The topological polar surface area (TPSA) is 46.3 Å². The molecule has 106 valence electrons. The molecule has 2 aromatic rings. The minimum atomic E-state index is 0.107. The zero-order valence-corrected chi connectivity index (χ0v) is 12.8. The Morgan fingerprint density at radius 1 is 1.45 bits per heavy atom. The van der Waals surface area contributed by atoms with Gasteiger partial charge >= 0.3 is 0 Å². The van der Waals surface area contributed by atoms with Gasteiger partial charge in [0.25, 0.3) is 5.91 Å². The van der Waals surface area contributed by atoms with Crippen molar-refractivity contribution in [2.75, 3.05) is 6.54 Å². The number of hydrogen-bond acceptors (Lipinski definition) is 4. The number of carbonyl (C=O) groups excluding carboxylic acids is 1. The lowest BCUT2D eigenvalue weighted by molar-refractivity contribution is 0.0739. The van der Waals surface area contributed by atoms with Gasteiger partial charge in [-0.3, -0.25) is 4.79 Å². The highest BCUT2D eigenvalue weighted by Crippen LogP contribution is 2.37. The van der Waals surface area contributed by atoms with Crippen LogP contribution in [0.5, 0.6) is 0 Å². The van der Waals surface area contributed by atoms with Crippen molar-refractivity contribution in [3.05, 3.63) is 38.9 Å². The standard InChI is InChI=1S/C15H18N2O2S/c1-9-6-8-20-14(9)15(18)17-7-4-5-12(17)13-10(2)16-19-11(13)3/h6,8,12H,4-5,7H2,1-3H3. The molecule has 1 aliphatic rings. The molecule has 0 aromatic carbocycles. The molecule has 0 N–H and O–H groups in total. The van der Waals surface area contributed by atoms with E-state index >= 15 is 0 Å². The molecule has 3 rings (SSSR count). The molecule has 1 amide bonds. The summed E-state index contributed by atoms with van der Waals surface area (Å²) in [7, 11) is 0. The highest BCUT2D eigenvalue weighted by Gasteiger charge is 2.34. The summed E-state index contributed by atoms with van der Waals surface area (Å²) in [6.07, 6.45) is 2.02. The Balaban J connectivity index is 1.94. The molecule has 0 radical (unpaired) electrons. The zero-order chi connectivity index (χ0) is 14.3. The molecule has 1 unspecified atom stereocenters. The molecule has 4 nitrogen and oxygen atoms in total. The first-order valence-corrected chi connectivity index (χ1v) is 7.75. The molecule has 1 aliphatic heterocycles. The van der Waals surface area contributed by atoms with E-state index in [-0.39, 0.29) is 11.9 Å². The van der Waals surface area contributed by atoms with Crippen molar-refractivity contribution in [1.82, 2.24) is 10.1 Å². The Morgan fingerprint density at radius 2 is 2.25 bits per heavy atom. The Hall–Kier alpha value is -1.62. The lowest BCUT2D eigenvalue weighted by Gasteiger charge is -2.24. The molecule has 0 aliphatic carbocycles. The van der Waals surface area contributed by atoms with E-state index < -0.39 is 0 Å². The summed E-state index contributed by atoms with van der Waals surface area (Å²) in [5, 5.41) is 6.00. The van der Waals surface area contributed by atoms with E-state index in [9.17, 15) is 4.79 Å². The first kappa shape index (κ1) is 13.4. The van der Waals surface area contributed by atoms with Crippen molar-refractivity contribution in [1.29, 1.82) is 0 Å². The van der Waals surface area contributed by atoms with Gasteiger partial charge in [-0.1, -0.05) is 5.16 Å². The zero-order valence-electron chi connectivity index (χ0n) is 12.0. The molecule has 3 heterocycles. The van der Waals surface area contributed by atoms with E-state index in [2.05, 4.69) is 5.16 Å². The highest BCUT2D eigenvalue weighted by molar-refractivity contribution is 7.12. The van der Waals surface area contributed by atoms with Crippen LogP contribution >= 0.6 is 11.3 Å². The fourth-order valence-electron chi connectivity index (χ4n) is 3.00. The quantitative estimate of drug-likeness (QED) is 0.848. The highest BCUT2D eigenvalue weighted by atomic mass is 32.1. The third-order valence-electron chi connectivity index (χ3n) is 3.99. The van der Waals surface area contributed by atoms with Crippen LogP contribution in [0, 0.1) is 20.8 Å². The second-order valence-electron chi connectivity index (χ2n) is 5.33. The van der Waals surface area contributed by atoms with Crippen LogP contribution in [0.25, 0.3) is 0 Å². The first-order chi connectivity index (χ1) is 9.59. The largest absolute Gasteiger partial charge is 0.361 e. The van der Waals surface area contributed by atoms with Gasteiger partial charge in [-0.05, 0) is 50.6 Å². The predicted molar refractivity (Wildman–Crippen MR) is 78.0 cm³/mol. The first-order valence-electron chi connectivity index (χ1n) is 6.87. The van der Waals surface area contributed by atoms with E-state index in [1.165, 1.54) is 11.3 Å². The molecule has 0 saturated carbocycles. The van der Waals surface area contributed by atoms with Crippen molar-refractivity contribution in [2.24, 2.45) is 0 Å². The van der Waals surface area contributed by atoms with Gasteiger partial charge in [0, 0.05) is 12.1 Å². The number of amides is 1. The number of aryl methyl sites for hydroxylation is 3. The maximum atomic E-state index is 12.7. The molecular formula is C15H18N2O2S. The van der Waals surface area contributed by atoms with Crippen LogP contribution in [0.3, 0.4) is 0 Å². The Bertz CT molecular complexity index is 625. The molecule has 1 atom stereocenters. The normalized spacial score (nSPS) is 18.8. The lowest BCUT2D eigenvalue weighted by atomic mass is 10.0. The average Bonchev–Trinajstić information content (AvgIpc) is 3.10. The van der Waals surface area contributed by atoms with E-state index in [1.54, 1.807) is 0 Å². The Morgan fingerprint density at radius 3 is 2.85 bits per heavy atom. The third kappa shape index (κ3) is 2.06. The van der Waals surface area contributed by atoms with E-state index in [4.69, 9.17) is 4.52 Å². The Labute approximate surface area is 122 Å². The minimum Gasteiger partial charge on any atom is -0.361 e. The smallest absolute Gasteiger partial charge is 0.264 e. The van der Waals surface area contributed by atoms with Crippen molar-refractivity contribution in [2.45, 2.75) is 39.7 Å². The lowest BCUT2D eigenvalue weighted by Crippen LogP contribution is -2.30. The SMILES string of the molecule is Cc1ccsc1C(=O)N1CCCC1c1c(C)noc1C. The van der Waals surface area contributed by atoms with Crippen LogP contribution < -0.4 is 0 Å². The van der Waals surface area contributed by atoms with Crippen LogP contribution in [0.15, 0.2) is 16.0 Å². The Kier molecular flexibility index (Phi) is 3.38. The maximum Gasteiger partial charge on any atom is 0.264 e. The van der Waals surface area contributed by atoms with Crippen molar-refractivity contribution >= 4 is 17.2 Å². The van der Waals surface area contributed by atoms with Crippen molar-refractivity contribution in [3.63, 3.8) is 0 Å². The molecule has 2 aromatic heterocycles. The van der Waals surface area contributed by atoms with E-state index in [1.807, 2.05) is 37.1 Å². The minimum absolute atomic E-state index is 0.107. The van der Waals surface area contributed by atoms with Gasteiger partial charge in [-0.2, -0.15) is 0 Å². The monoisotopic (exact) mass is 290 g/mol. The second-order valence-corrected chi connectivity index (χ2v) is 6.24. The predicted octanol–water partition coefficient (Wildman–Crippen LogP) is 3.64. The fourth-order valence-corrected chi connectivity index (χ4v) is 3.88. The van der Waals surface area contributed by atoms with Gasteiger partial charge in [0.2, 0.25) is 0 Å². The second kappa shape index (κ2) is 5.05. The van der Waals surface area contributed by atoms with Crippen LogP contribution in [-0.2, 0) is 0 Å². The fraction of sp³-hybridized carbons (Fsp3) is 0.467. The molecule has 1 saturated heterocycles.